The lowest BCUT2D eigenvalue weighted by Gasteiger charge is -2.11. The number of rotatable bonds is 3. The molecule has 0 N–H and O–H groups in total. The highest BCUT2D eigenvalue weighted by Crippen LogP contribution is 2.21. The fraction of sp³-hybridized carbons (Fsp3) is 0.0556. The molecule has 0 saturated carbocycles. The molecule has 5 nitrogen and oxygen atoms in total. The average Bonchev–Trinajstić information content (AvgIpc) is 2.81. The summed E-state index contributed by atoms with van der Waals surface area (Å²) in [5, 5.41) is 0. The smallest absolute Gasteiger partial charge is 0.361 e. The van der Waals surface area contributed by atoms with E-state index in [0.717, 1.165) is 16.0 Å². The van der Waals surface area contributed by atoms with Crippen LogP contribution < -0.4 is 0 Å². The number of hydrogen-bond acceptors (Lipinski definition) is 2. The van der Waals surface area contributed by atoms with E-state index < -0.39 is 11.8 Å². The highest BCUT2D eigenvalue weighted by molar-refractivity contribution is 6.57. The summed E-state index contributed by atoms with van der Waals surface area (Å²) in [5.41, 5.74) is 10.6. The molecule has 0 radical (unpaired) electrons. The molecule has 0 atom stereocenters. The van der Waals surface area contributed by atoms with E-state index in [9.17, 15) is 9.59 Å². The van der Waals surface area contributed by atoms with Crippen molar-refractivity contribution in [3.8, 4) is 0 Å². The minimum absolute atomic E-state index is 0.0969. The first kappa shape index (κ1) is 14.6. The zero-order valence-electron chi connectivity index (χ0n) is 12.2. The van der Waals surface area contributed by atoms with Crippen LogP contribution >= 0.6 is 0 Å². The number of likely N-dealkylation sites (tertiary alicyclic amines) is 1. The van der Waals surface area contributed by atoms with Crippen LogP contribution in [0.15, 0.2) is 66.2 Å². The molecule has 0 aliphatic carbocycles. The normalized spacial score (nSPS) is 16.1. The molecule has 2 aromatic rings. The number of benzene rings is 2. The van der Waals surface area contributed by atoms with Crippen molar-refractivity contribution >= 4 is 23.6 Å². The van der Waals surface area contributed by atoms with E-state index in [2.05, 4.69) is 4.79 Å². The molecule has 3 rings (SSSR count). The van der Waals surface area contributed by atoms with Gasteiger partial charge in [0.1, 0.15) is 5.57 Å². The summed E-state index contributed by atoms with van der Waals surface area (Å²) in [6.07, 6.45) is 1.56. The molecule has 0 spiro atoms. The minimum Gasteiger partial charge on any atom is -0.361 e. The van der Waals surface area contributed by atoms with Crippen LogP contribution in [-0.4, -0.2) is 27.2 Å². The molecule has 0 aromatic heterocycles. The summed E-state index contributed by atoms with van der Waals surface area (Å²) in [5.74, 6) is -1.06. The maximum Gasteiger partial charge on any atom is 0.392 e. The van der Waals surface area contributed by atoms with Crippen LogP contribution in [0.25, 0.3) is 11.6 Å². The van der Waals surface area contributed by atoms with Crippen molar-refractivity contribution in [1.29, 1.82) is 0 Å². The van der Waals surface area contributed by atoms with E-state index in [1.807, 2.05) is 48.5 Å². The molecule has 5 heteroatoms. The Bertz CT molecular complexity index is 835. The van der Waals surface area contributed by atoms with Gasteiger partial charge in [-0.15, -0.1) is 0 Å². The molecular weight excluding hydrogens is 290 g/mol. The van der Waals surface area contributed by atoms with Gasteiger partial charge in [-0.25, -0.2) is 0 Å². The molecule has 2 amide bonds. The van der Waals surface area contributed by atoms with Crippen molar-refractivity contribution in [3.63, 3.8) is 0 Å². The Kier molecular flexibility index (Phi) is 3.95. The third-order valence-corrected chi connectivity index (χ3v) is 3.57. The summed E-state index contributed by atoms with van der Waals surface area (Å²) in [4.78, 5) is 29.0. The van der Waals surface area contributed by atoms with Gasteiger partial charge in [0, 0.05) is 0 Å². The number of imide groups is 1. The number of carbonyl (C=O) groups excluding carboxylic acids is 2. The lowest BCUT2D eigenvalue weighted by Crippen LogP contribution is -2.30. The van der Waals surface area contributed by atoms with Crippen LogP contribution in [0.3, 0.4) is 0 Å². The predicted molar refractivity (Wildman–Crippen MR) is 85.0 cm³/mol. The van der Waals surface area contributed by atoms with Crippen molar-refractivity contribution in [2.24, 2.45) is 0 Å². The Morgan fingerprint density at radius 1 is 0.913 bits per heavy atom. The van der Waals surface area contributed by atoms with E-state index in [-0.39, 0.29) is 17.8 Å². The van der Waals surface area contributed by atoms with Gasteiger partial charge in [-0.2, -0.15) is 4.79 Å². The molecule has 2 aromatic carbocycles. The molecule has 112 valence electrons. The Balaban J connectivity index is 1.96. The maximum atomic E-state index is 12.5. The van der Waals surface area contributed by atoms with Gasteiger partial charge in [-0.3, -0.25) is 14.5 Å². The zero-order valence-corrected chi connectivity index (χ0v) is 12.2. The third-order valence-electron chi connectivity index (χ3n) is 3.57. The largest absolute Gasteiger partial charge is 0.392 e. The molecule has 1 fully saturated rings. The van der Waals surface area contributed by atoms with Gasteiger partial charge in [0.15, 0.2) is 0 Å². The van der Waals surface area contributed by atoms with E-state index in [1.54, 1.807) is 18.2 Å². The monoisotopic (exact) mass is 303 g/mol. The molecular formula is C18H13N3O2. The van der Waals surface area contributed by atoms with Gasteiger partial charge in [-0.1, -0.05) is 60.7 Å². The molecule has 1 aliphatic heterocycles. The quantitative estimate of drug-likeness (QED) is 0.378. The Hall–Kier alpha value is -3.30. The summed E-state index contributed by atoms with van der Waals surface area (Å²) < 4.78 is 0. The van der Waals surface area contributed by atoms with Crippen LogP contribution in [0.4, 0.5) is 0 Å². The van der Waals surface area contributed by atoms with Gasteiger partial charge in [0.25, 0.3) is 5.91 Å². The van der Waals surface area contributed by atoms with Crippen LogP contribution in [0.1, 0.15) is 11.1 Å². The second kappa shape index (κ2) is 6.22. The average molecular weight is 303 g/mol. The summed E-state index contributed by atoms with van der Waals surface area (Å²) >= 11 is 0. The molecule has 1 aliphatic rings. The lowest BCUT2D eigenvalue weighted by atomic mass is 10.1. The van der Waals surface area contributed by atoms with Crippen LogP contribution in [0, 0.1) is 0 Å². The number of nitrogens with zero attached hydrogens (tertiary/aromatic N) is 3. The summed E-state index contributed by atoms with van der Waals surface area (Å²) in [7, 11) is 0. The van der Waals surface area contributed by atoms with Gasteiger partial charge < -0.3 is 5.53 Å². The van der Waals surface area contributed by atoms with Crippen molar-refractivity contribution < 1.29 is 14.4 Å². The first-order chi connectivity index (χ1) is 11.2. The summed E-state index contributed by atoms with van der Waals surface area (Å²) in [6.45, 7) is 0.143. The van der Waals surface area contributed by atoms with Crippen molar-refractivity contribution in [2.45, 2.75) is 6.54 Å². The number of hydrogen-bond donors (Lipinski definition) is 0. The highest BCUT2D eigenvalue weighted by Gasteiger charge is 2.46. The zero-order chi connectivity index (χ0) is 16.2. The van der Waals surface area contributed by atoms with Gasteiger partial charge in [0.05, 0.1) is 6.54 Å². The van der Waals surface area contributed by atoms with Crippen molar-refractivity contribution in [3.05, 3.63) is 82.9 Å². The molecule has 1 heterocycles. The predicted octanol–water partition coefficient (Wildman–Crippen LogP) is 2.31. The lowest BCUT2D eigenvalue weighted by molar-refractivity contribution is -0.137. The first-order valence-corrected chi connectivity index (χ1v) is 7.10. The van der Waals surface area contributed by atoms with E-state index in [4.69, 9.17) is 5.53 Å². The second-order valence-electron chi connectivity index (χ2n) is 5.10. The van der Waals surface area contributed by atoms with E-state index >= 15 is 0 Å². The Morgan fingerprint density at radius 2 is 1.52 bits per heavy atom. The summed E-state index contributed by atoms with van der Waals surface area (Å²) in [6, 6.07) is 18.3. The van der Waals surface area contributed by atoms with E-state index in [1.165, 1.54) is 0 Å². The molecule has 0 bridgehead atoms. The number of carbonyl (C=O) groups is 2. The second-order valence-corrected chi connectivity index (χ2v) is 5.10. The highest BCUT2D eigenvalue weighted by atomic mass is 16.2. The van der Waals surface area contributed by atoms with Gasteiger partial charge >= 0.3 is 11.6 Å². The van der Waals surface area contributed by atoms with Crippen LogP contribution in [-0.2, 0) is 16.1 Å². The SMILES string of the molecule is [N-]=[N+]=C1C(=O)N(Cc2ccccc2)C(=O)/C1=C/c1ccccc1. The van der Waals surface area contributed by atoms with Gasteiger partial charge in [-0.05, 0) is 17.2 Å². The third kappa shape index (κ3) is 2.86. The van der Waals surface area contributed by atoms with Crippen LogP contribution in [0.2, 0.25) is 0 Å². The fourth-order valence-electron chi connectivity index (χ4n) is 2.43. The standard InChI is InChI=1S/C18H13N3O2/c19-20-16-15(11-13-7-3-1-4-8-13)17(22)21(18(16)23)12-14-9-5-2-6-10-14/h1-11H,12H2/b15-11+. The fourth-order valence-corrected chi connectivity index (χ4v) is 2.43. The molecule has 0 unspecified atom stereocenters. The Morgan fingerprint density at radius 3 is 2.13 bits per heavy atom. The topological polar surface area (TPSA) is 73.8 Å². The minimum atomic E-state index is -0.594. The van der Waals surface area contributed by atoms with Gasteiger partial charge in [0.2, 0.25) is 0 Å². The number of amides is 2. The van der Waals surface area contributed by atoms with Crippen molar-refractivity contribution in [1.82, 2.24) is 4.90 Å². The molecule has 23 heavy (non-hydrogen) atoms. The van der Waals surface area contributed by atoms with Crippen LogP contribution in [0.5, 0.6) is 0 Å². The van der Waals surface area contributed by atoms with E-state index in [0.29, 0.717) is 0 Å². The van der Waals surface area contributed by atoms with Crippen molar-refractivity contribution in [2.75, 3.05) is 0 Å². The Labute approximate surface area is 133 Å². The molecule has 1 saturated heterocycles. The maximum absolute atomic E-state index is 12.5. The first-order valence-electron chi connectivity index (χ1n) is 7.10.